The monoisotopic (exact) mass is 455 g/mol. The van der Waals surface area contributed by atoms with E-state index in [9.17, 15) is 0 Å². The minimum atomic E-state index is 0. The van der Waals surface area contributed by atoms with Crippen LogP contribution in [0.1, 0.15) is 43.2 Å². The smallest absolute Gasteiger partial charge is 0.191 e. The lowest BCUT2D eigenvalue weighted by Crippen LogP contribution is -2.69. The number of hydrogen-bond acceptors (Lipinski definition) is 2. The van der Waals surface area contributed by atoms with Gasteiger partial charge in [0.15, 0.2) is 5.96 Å². The predicted molar refractivity (Wildman–Crippen MR) is 112 cm³/mol. The van der Waals surface area contributed by atoms with Crippen molar-refractivity contribution in [2.75, 3.05) is 13.7 Å². The quantitative estimate of drug-likeness (QED) is 0.416. The molecule has 1 spiro atoms. The van der Waals surface area contributed by atoms with Crippen molar-refractivity contribution in [1.29, 1.82) is 0 Å². The summed E-state index contributed by atoms with van der Waals surface area (Å²) in [5.41, 5.74) is 2.96. The second-order valence-electron chi connectivity index (χ2n) is 7.72. The number of nitrogens with one attached hydrogen (secondary N) is 2. The molecule has 4 rings (SSSR count). The van der Waals surface area contributed by atoms with Crippen LogP contribution in [0.2, 0.25) is 0 Å². The summed E-state index contributed by atoms with van der Waals surface area (Å²) in [5.74, 6) is 1.60. The van der Waals surface area contributed by atoms with E-state index in [1.54, 1.807) is 0 Å². The molecule has 5 heteroatoms. The first-order valence-electron chi connectivity index (χ1n) is 9.37. The molecule has 2 saturated carbocycles. The highest BCUT2D eigenvalue weighted by molar-refractivity contribution is 14.0. The summed E-state index contributed by atoms with van der Waals surface area (Å²) in [6.07, 6.45) is 6.99. The molecular weight excluding hydrogens is 425 g/mol. The minimum Gasteiger partial charge on any atom is -0.377 e. The highest BCUT2D eigenvalue weighted by atomic mass is 127. The average Bonchev–Trinajstić information content (AvgIpc) is 3.23. The number of aryl methyl sites for hydroxylation is 1. The Morgan fingerprint density at radius 2 is 2.12 bits per heavy atom. The lowest BCUT2D eigenvalue weighted by molar-refractivity contribution is -0.125. The number of halogens is 1. The van der Waals surface area contributed by atoms with Crippen molar-refractivity contribution >= 4 is 29.9 Å². The number of ether oxygens (including phenoxy) is 1. The molecule has 0 aromatic heterocycles. The van der Waals surface area contributed by atoms with Gasteiger partial charge in [0.1, 0.15) is 0 Å². The summed E-state index contributed by atoms with van der Waals surface area (Å²) >= 11 is 0. The zero-order chi connectivity index (χ0) is 16.6. The van der Waals surface area contributed by atoms with E-state index in [0.29, 0.717) is 23.5 Å². The van der Waals surface area contributed by atoms with E-state index in [1.807, 2.05) is 7.05 Å². The van der Waals surface area contributed by atoms with E-state index in [4.69, 9.17) is 4.74 Å². The third-order valence-corrected chi connectivity index (χ3v) is 6.34. The third kappa shape index (κ3) is 3.42. The van der Waals surface area contributed by atoms with E-state index in [0.717, 1.165) is 19.1 Å². The Balaban J connectivity index is 0.00000182. The van der Waals surface area contributed by atoms with Gasteiger partial charge < -0.3 is 15.4 Å². The highest BCUT2D eigenvalue weighted by Crippen LogP contribution is 2.60. The fourth-order valence-electron chi connectivity index (χ4n) is 5.25. The van der Waals surface area contributed by atoms with Gasteiger partial charge in [0.25, 0.3) is 0 Å². The van der Waals surface area contributed by atoms with Gasteiger partial charge in [0, 0.05) is 37.6 Å². The average molecular weight is 455 g/mol. The molecule has 3 unspecified atom stereocenters. The second-order valence-corrected chi connectivity index (χ2v) is 7.72. The summed E-state index contributed by atoms with van der Waals surface area (Å²) in [7, 11) is 1.87. The van der Waals surface area contributed by atoms with Crippen molar-refractivity contribution in [1.82, 2.24) is 10.6 Å². The highest BCUT2D eigenvalue weighted by Gasteiger charge is 2.65. The summed E-state index contributed by atoms with van der Waals surface area (Å²) in [4.78, 5) is 4.47. The molecule has 3 atom stereocenters. The van der Waals surface area contributed by atoms with Crippen molar-refractivity contribution in [3.05, 3.63) is 35.4 Å². The number of fused-ring (bicyclic) bond motifs is 2. The van der Waals surface area contributed by atoms with Gasteiger partial charge >= 0.3 is 0 Å². The second kappa shape index (κ2) is 7.82. The Morgan fingerprint density at radius 1 is 1.32 bits per heavy atom. The zero-order valence-electron chi connectivity index (χ0n) is 15.3. The summed E-state index contributed by atoms with van der Waals surface area (Å²) in [6.45, 7) is 3.88. The Morgan fingerprint density at radius 3 is 2.84 bits per heavy atom. The lowest BCUT2D eigenvalue weighted by Gasteiger charge is -2.57. The molecule has 25 heavy (non-hydrogen) atoms. The van der Waals surface area contributed by atoms with E-state index in [-0.39, 0.29) is 24.0 Å². The van der Waals surface area contributed by atoms with Gasteiger partial charge in [-0.05, 0) is 31.7 Å². The number of rotatable bonds is 3. The van der Waals surface area contributed by atoms with E-state index in [2.05, 4.69) is 46.8 Å². The van der Waals surface area contributed by atoms with Gasteiger partial charge in [-0.2, -0.15) is 0 Å². The van der Waals surface area contributed by atoms with Crippen LogP contribution >= 0.6 is 24.0 Å². The van der Waals surface area contributed by atoms with Crippen LogP contribution in [0.3, 0.4) is 0 Å². The van der Waals surface area contributed by atoms with Crippen molar-refractivity contribution in [2.24, 2.45) is 16.3 Å². The number of hydrogen-bond donors (Lipinski definition) is 2. The lowest BCUT2D eigenvalue weighted by atomic mass is 9.54. The Bertz CT molecular complexity index is 627. The van der Waals surface area contributed by atoms with Gasteiger partial charge in [-0.3, -0.25) is 4.99 Å². The van der Waals surface area contributed by atoms with Crippen LogP contribution in [0.25, 0.3) is 0 Å². The maximum Gasteiger partial charge on any atom is 0.191 e. The summed E-state index contributed by atoms with van der Waals surface area (Å²) in [5, 5.41) is 7.25. The Labute approximate surface area is 168 Å². The van der Waals surface area contributed by atoms with Crippen LogP contribution in [0, 0.1) is 18.3 Å². The molecule has 2 N–H and O–H groups in total. The van der Waals surface area contributed by atoms with Gasteiger partial charge in [0.2, 0.25) is 0 Å². The minimum absolute atomic E-state index is 0. The van der Waals surface area contributed by atoms with Gasteiger partial charge in [-0.25, -0.2) is 0 Å². The number of aliphatic imine (C=N–C) groups is 1. The molecule has 0 amide bonds. The molecule has 0 radical (unpaired) electrons. The molecule has 1 aliphatic heterocycles. The van der Waals surface area contributed by atoms with Gasteiger partial charge in [-0.15, -0.1) is 24.0 Å². The maximum atomic E-state index is 6.08. The first-order valence-corrected chi connectivity index (χ1v) is 9.37. The molecule has 138 valence electrons. The van der Waals surface area contributed by atoms with Crippen LogP contribution in [0.4, 0.5) is 0 Å². The standard InChI is InChI=1S/C20H29N3O.HI/c1-14-6-5-7-15(12-14)13-22-19(21-2)23-17-16-8-11-24-18(16)20(17)9-3-4-10-20;/h5-7,12,16-18H,3-4,8-11,13H2,1-2H3,(H2,21,22,23);1H. The largest absolute Gasteiger partial charge is 0.377 e. The molecule has 2 aliphatic carbocycles. The maximum absolute atomic E-state index is 6.08. The summed E-state index contributed by atoms with van der Waals surface area (Å²) in [6, 6.07) is 9.16. The molecular formula is C20H30IN3O. The van der Waals surface area contributed by atoms with Crippen LogP contribution in [-0.4, -0.2) is 31.8 Å². The van der Waals surface area contributed by atoms with E-state index < -0.39 is 0 Å². The normalized spacial score (nSPS) is 29.7. The van der Waals surface area contributed by atoms with Crippen molar-refractivity contribution in [3.63, 3.8) is 0 Å². The van der Waals surface area contributed by atoms with Crippen LogP contribution < -0.4 is 10.6 Å². The molecule has 1 aromatic carbocycles. The van der Waals surface area contributed by atoms with Crippen LogP contribution in [0.5, 0.6) is 0 Å². The Hall–Kier alpha value is -0.820. The summed E-state index contributed by atoms with van der Waals surface area (Å²) < 4.78 is 6.08. The molecule has 0 bridgehead atoms. The van der Waals surface area contributed by atoms with E-state index in [1.165, 1.54) is 43.2 Å². The molecule has 4 nitrogen and oxygen atoms in total. The third-order valence-electron chi connectivity index (χ3n) is 6.34. The van der Waals surface area contributed by atoms with Crippen molar-refractivity contribution in [2.45, 2.75) is 57.7 Å². The number of benzene rings is 1. The number of nitrogens with zero attached hydrogens (tertiary/aromatic N) is 1. The van der Waals surface area contributed by atoms with E-state index >= 15 is 0 Å². The first-order chi connectivity index (χ1) is 11.7. The van der Waals surface area contributed by atoms with Crippen molar-refractivity contribution in [3.8, 4) is 0 Å². The number of guanidine groups is 1. The molecule has 1 saturated heterocycles. The topological polar surface area (TPSA) is 45.7 Å². The molecule has 3 aliphatic rings. The molecule has 3 fully saturated rings. The molecule has 1 aromatic rings. The fourth-order valence-corrected chi connectivity index (χ4v) is 5.25. The zero-order valence-corrected chi connectivity index (χ0v) is 17.6. The van der Waals surface area contributed by atoms with Crippen LogP contribution in [0.15, 0.2) is 29.3 Å². The first kappa shape index (κ1) is 19.0. The van der Waals surface area contributed by atoms with Gasteiger partial charge in [-0.1, -0.05) is 42.7 Å². The SMILES string of the molecule is CN=C(NCc1cccc(C)c1)NC1C2CCOC2C12CCCC2.I. The fraction of sp³-hybridized carbons (Fsp3) is 0.650. The van der Waals surface area contributed by atoms with Crippen molar-refractivity contribution < 1.29 is 4.74 Å². The Kier molecular flexibility index (Phi) is 5.93. The van der Waals surface area contributed by atoms with Gasteiger partial charge in [0.05, 0.1) is 6.10 Å². The predicted octanol–water partition coefficient (Wildman–Crippen LogP) is 3.63. The molecule has 1 heterocycles. The van der Waals surface area contributed by atoms with Crippen LogP contribution in [-0.2, 0) is 11.3 Å².